The Morgan fingerprint density at radius 3 is 2.27 bits per heavy atom. The van der Waals surface area contributed by atoms with Gasteiger partial charge in [-0.1, -0.05) is 69.7 Å². The molecular formula is C40H50N4O6S. The van der Waals surface area contributed by atoms with E-state index in [4.69, 9.17) is 0 Å². The molecule has 0 spiro atoms. The number of nitrogens with zero attached hydrogens (tertiary/aromatic N) is 3. The third-order valence-electron chi connectivity index (χ3n) is 10.3. The van der Waals surface area contributed by atoms with Gasteiger partial charge in [0.2, 0.25) is 11.6 Å². The number of carbonyl (C=O) groups is 3. The number of carbonyl (C=O) groups excluding carboxylic acids is 3. The number of anilines is 1. The van der Waals surface area contributed by atoms with Gasteiger partial charge in [-0.3, -0.25) is 19.3 Å². The summed E-state index contributed by atoms with van der Waals surface area (Å²) in [5, 5.41) is 1.69. The van der Waals surface area contributed by atoms with Crippen LogP contribution in [0.1, 0.15) is 90.7 Å². The van der Waals surface area contributed by atoms with Crippen molar-refractivity contribution in [1.29, 1.82) is 0 Å². The van der Waals surface area contributed by atoms with E-state index >= 15 is 0 Å². The summed E-state index contributed by atoms with van der Waals surface area (Å²) in [4.78, 5) is 38.7. The zero-order chi connectivity index (χ0) is 37.0. The van der Waals surface area contributed by atoms with Crippen molar-refractivity contribution in [3.63, 3.8) is 0 Å². The summed E-state index contributed by atoms with van der Waals surface area (Å²) >= 11 is 0. The van der Waals surface area contributed by atoms with E-state index in [1.807, 2.05) is 49.4 Å². The summed E-state index contributed by atoms with van der Waals surface area (Å²) in [5.74, 6) is -0.666. The minimum absolute atomic E-state index is 0.0416. The number of nitrogens with one attached hydrogen (secondary N) is 1. The number of fused-ring (bicyclic) bond motifs is 2. The lowest BCUT2D eigenvalue weighted by Crippen LogP contribution is -2.41. The van der Waals surface area contributed by atoms with Gasteiger partial charge in [-0.05, 0) is 57.2 Å². The van der Waals surface area contributed by atoms with Crippen LogP contribution in [0.2, 0.25) is 0 Å². The zero-order valence-corrected chi connectivity index (χ0v) is 31.2. The first-order valence-corrected chi connectivity index (χ1v) is 19.4. The van der Waals surface area contributed by atoms with Crippen LogP contribution in [0.15, 0.2) is 84.6 Å². The first-order chi connectivity index (χ1) is 24.2. The van der Waals surface area contributed by atoms with E-state index in [0.717, 1.165) is 54.2 Å². The number of hydrogen-bond donors (Lipinski definition) is 1. The van der Waals surface area contributed by atoms with Gasteiger partial charge in [-0.2, -0.15) is 4.58 Å². The van der Waals surface area contributed by atoms with Crippen LogP contribution in [0.4, 0.5) is 11.4 Å². The lowest BCUT2D eigenvalue weighted by molar-refractivity contribution is -0.438. The maximum atomic E-state index is 12.6. The largest absolute Gasteiger partial charge is 0.746 e. The molecule has 3 heterocycles. The Hall–Kier alpha value is -4.35. The highest BCUT2D eigenvalue weighted by atomic mass is 32.2. The fraction of sp³-hybridized carbons (Fsp3) is 0.450. The van der Waals surface area contributed by atoms with Crippen molar-refractivity contribution < 1.29 is 31.9 Å². The number of allylic oxidation sites excluding steroid dienone is 4. The van der Waals surface area contributed by atoms with Gasteiger partial charge >= 0.3 is 0 Å². The van der Waals surface area contributed by atoms with E-state index in [2.05, 4.69) is 61.9 Å². The van der Waals surface area contributed by atoms with Gasteiger partial charge in [-0.25, -0.2) is 8.42 Å². The van der Waals surface area contributed by atoms with Crippen LogP contribution in [-0.2, 0) is 35.3 Å². The Morgan fingerprint density at radius 1 is 0.922 bits per heavy atom. The molecule has 0 fully saturated rings. The molecule has 0 radical (unpaired) electrons. The average molecular weight is 715 g/mol. The minimum Gasteiger partial charge on any atom is -0.746 e. The molecule has 0 bridgehead atoms. The van der Waals surface area contributed by atoms with Crippen molar-refractivity contribution in [2.24, 2.45) is 0 Å². The van der Waals surface area contributed by atoms with E-state index in [-0.39, 0.29) is 36.1 Å². The normalized spacial score (nSPS) is 19.1. The quantitative estimate of drug-likeness (QED) is 0.0983. The molecule has 2 aromatic rings. The molecule has 3 aliphatic rings. The molecule has 3 aliphatic heterocycles. The fourth-order valence-corrected chi connectivity index (χ4v) is 8.59. The Kier molecular flexibility index (Phi) is 11.5. The van der Waals surface area contributed by atoms with E-state index < -0.39 is 20.9 Å². The lowest BCUT2D eigenvalue weighted by Gasteiger charge is -2.35. The molecule has 0 saturated carbocycles. The molecule has 51 heavy (non-hydrogen) atoms. The minimum atomic E-state index is -4.63. The Morgan fingerprint density at radius 2 is 1.59 bits per heavy atom. The SMILES string of the molecule is CCCC(N1/C(=C/C=C/C2=[N+](CCCCCC(=O)NCCCN3C(=O)C=CC3=O)c3ccccc3C2(C)C)C(C)(C)c2ccccc21)S(=O)(=O)[O-]. The highest BCUT2D eigenvalue weighted by Crippen LogP contribution is 2.49. The fourth-order valence-electron chi connectivity index (χ4n) is 7.58. The van der Waals surface area contributed by atoms with Crippen LogP contribution in [0.3, 0.4) is 0 Å². The van der Waals surface area contributed by atoms with Crippen molar-refractivity contribution >= 4 is 44.9 Å². The van der Waals surface area contributed by atoms with Gasteiger partial charge in [0, 0.05) is 72.6 Å². The molecule has 10 nitrogen and oxygen atoms in total. The molecule has 1 atom stereocenters. The average Bonchev–Trinajstić information content (AvgIpc) is 3.60. The summed E-state index contributed by atoms with van der Waals surface area (Å²) in [6, 6.07) is 16.1. The van der Waals surface area contributed by atoms with Crippen LogP contribution < -0.4 is 10.2 Å². The molecule has 0 saturated heterocycles. The van der Waals surface area contributed by atoms with Gasteiger partial charge in [0.15, 0.2) is 5.71 Å². The summed E-state index contributed by atoms with van der Waals surface area (Å²) in [6.07, 6.45) is 12.8. The number of amides is 3. The Labute approximate surface area is 302 Å². The molecule has 11 heteroatoms. The molecule has 0 aliphatic carbocycles. The van der Waals surface area contributed by atoms with E-state index in [1.54, 1.807) is 4.90 Å². The van der Waals surface area contributed by atoms with E-state index in [0.29, 0.717) is 25.8 Å². The Balaban J connectivity index is 1.29. The summed E-state index contributed by atoms with van der Waals surface area (Å²) < 4.78 is 40.2. The molecule has 1 N–H and O–H groups in total. The number of imide groups is 1. The lowest BCUT2D eigenvalue weighted by atomic mass is 9.81. The maximum absolute atomic E-state index is 12.6. The highest BCUT2D eigenvalue weighted by molar-refractivity contribution is 7.86. The van der Waals surface area contributed by atoms with Crippen LogP contribution in [0, 0.1) is 0 Å². The number of unbranched alkanes of at least 4 members (excludes halogenated alkanes) is 2. The van der Waals surface area contributed by atoms with Crippen molar-refractivity contribution in [1.82, 2.24) is 10.2 Å². The van der Waals surface area contributed by atoms with Crippen LogP contribution in [0.5, 0.6) is 0 Å². The molecule has 3 amide bonds. The first kappa shape index (κ1) is 37.9. The predicted molar refractivity (Wildman–Crippen MR) is 199 cm³/mol. The van der Waals surface area contributed by atoms with Gasteiger partial charge < -0.3 is 14.8 Å². The molecule has 2 aromatic carbocycles. The third-order valence-corrected chi connectivity index (χ3v) is 11.4. The Bertz CT molecular complexity index is 1890. The smallest absolute Gasteiger partial charge is 0.253 e. The zero-order valence-electron chi connectivity index (χ0n) is 30.4. The standard InChI is InChI=1S/C40H50N4O6S/c1-6-16-38(51(48,49)50)44-32-20-12-10-18-30(32)40(4,5)34(44)22-14-21-33-39(2,3)29-17-9-11-19-31(29)42(33)27-13-7-8-23-35(45)41-26-15-28-43-36(46)24-25-37(43)47/h9-12,14,17-22,24-25,38H,6-8,13,15-16,23,26-28H2,1-5H3,(H-,41,45,48,49,50). The third kappa shape index (κ3) is 7.94. The maximum Gasteiger partial charge on any atom is 0.253 e. The molecule has 272 valence electrons. The number of hydrogen-bond acceptors (Lipinski definition) is 7. The monoisotopic (exact) mass is 714 g/mol. The second-order valence-corrected chi connectivity index (χ2v) is 16.0. The van der Waals surface area contributed by atoms with Gasteiger partial charge in [0.05, 0.1) is 5.41 Å². The van der Waals surface area contributed by atoms with Crippen LogP contribution in [0.25, 0.3) is 0 Å². The van der Waals surface area contributed by atoms with E-state index in [1.165, 1.54) is 22.6 Å². The van der Waals surface area contributed by atoms with Gasteiger partial charge in [0.1, 0.15) is 22.0 Å². The molecule has 0 aromatic heterocycles. The highest BCUT2D eigenvalue weighted by Gasteiger charge is 2.45. The van der Waals surface area contributed by atoms with E-state index in [9.17, 15) is 27.4 Å². The topological polar surface area (TPSA) is 130 Å². The number of rotatable bonds is 16. The number of benzene rings is 2. The van der Waals surface area contributed by atoms with Crippen LogP contribution >= 0.6 is 0 Å². The molecule has 1 unspecified atom stereocenters. The van der Waals surface area contributed by atoms with Gasteiger partial charge in [0.25, 0.3) is 11.8 Å². The second kappa shape index (κ2) is 15.5. The van der Waals surface area contributed by atoms with Crippen molar-refractivity contribution in [2.45, 2.75) is 95.8 Å². The van der Waals surface area contributed by atoms with Crippen LogP contribution in [-0.4, -0.2) is 70.9 Å². The van der Waals surface area contributed by atoms with Crippen molar-refractivity contribution in [3.05, 3.63) is 95.7 Å². The number of para-hydroxylation sites is 2. The van der Waals surface area contributed by atoms with Crippen molar-refractivity contribution in [2.75, 3.05) is 24.5 Å². The predicted octanol–water partition coefficient (Wildman–Crippen LogP) is 5.96. The summed E-state index contributed by atoms with van der Waals surface area (Å²) in [5.41, 5.74) is 5.18. The first-order valence-electron chi connectivity index (χ1n) is 18.0. The molecular weight excluding hydrogens is 665 g/mol. The molecule has 5 rings (SSSR count). The van der Waals surface area contributed by atoms with Crippen molar-refractivity contribution in [3.8, 4) is 0 Å². The van der Waals surface area contributed by atoms with Gasteiger partial charge in [-0.15, -0.1) is 0 Å². The second-order valence-electron chi connectivity index (χ2n) is 14.5. The summed E-state index contributed by atoms with van der Waals surface area (Å²) in [7, 11) is -4.63. The summed E-state index contributed by atoms with van der Waals surface area (Å²) in [6.45, 7) is 11.9.